The van der Waals surface area contributed by atoms with Crippen molar-refractivity contribution in [2.75, 3.05) is 24.3 Å². The highest BCUT2D eigenvalue weighted by Gasteiger charge is 2.18. The third-order valence-corrected chi connectivity index (χ3v) is 6.04. The number of halogens is 1. The van der Waals surface area contributed by atoms with E-state index in [4.69, 9.17) is 9.47 Å². The molecule has 0 spiro atoms. The molecule has 0 radical (unpaired) electrons. The number of rotatable bonds is 6. The van der Waals surface area contributed by atoms with Crippen LogP contribution in [0, 0.1) is 5.82 Å². The zero-order valence-electron chi connectivity index (χ0n) is 18.1. The van der Waals surface area contributed by atoms with E-state index in [2.05, 4.69) is 15.5 Å². The monoisotopic (exact) mass is 476 g/mol. The number of nitrogens with zero attached hydrogens (tertiary/aromatic N) is 3. The number of fused-ring (bicyclic) bond motifs is 1. The number of carbonyl (C=O) groups excluding carboxylic acids is 1. The molecule has 0 fully saturated rings. The van der Waals surface area contributed by atoms with Crippen molar-refractivity contribution in [1.82, 2.24) is 14.8 Å². The number of anilines is 1. The molecule has 1 aliphatic heterocycles. The quantitative estimate of drug-likeness (QED) is 0.396. The summed E-state index contributed by atoms with van der Waals surface area (Å²) in [5.41, 5.74) is 2.19. The predicted molar refractivity (Wildman–Crippen MR) is 128 cm³/mol. The highest BCUT2D eigenvalue weighted by atomic mass is 32.2. The lowest BCUT2D eigenvalue weighted by Crippen LogP contribution is -2.14. The van der Waals surface area contributed by atoms with Gasteiger partial charge in [0.15, 0.2) is 22.5 Å². The van der Waals surface area contributed by atoms with Crippen LogP contribution in [0.3, 0.4) is 0 Å². The van der Waals surface area contributed by atoms with E-state index in [9.17, 15) is 9.18 Å². The van der Waals surface area contributed by atoms with E-state index in [0.717, 1.165) is 12.0 Å². The number of hydrogen-bond acceptors (Lipinski definition) is 6. The molecule has 0 unspecified atom stereocenters. The molecule has 0 aliphatic carbocycles. The van der Waals surface area contributed by atoms with Gasteiger partial charge in [-0.05, 0) is 36.4 Å². The minimum atomic E-state index is -0.332. The van der Waals surface area contributed by atoms with Gasteiger partial charge in [0, 0.05) is 29.4 Å². The van der Waals surface area contributed by atoms with Gasteiger partial charge in [-0.25, -0.2) is 4.39 Å². The van der Waals surface area contributed by atoms with E-state index >= 15 is 0 Å². The number of amides is 1. The molecule has 7 nitrogen and oxygen atoms in total. The molecular formula is C25H21FN4O3S. The van der Waals surface area contributed by atoms with Crippen molar-refractivity contribution in [3.05, 3.63) is 78.6 Å². The minimum Gasteiger partial charge on any atom is -0.490 e. The lowest BCUT2D eigenvalue weighted by Gasteiger charge is -2.11. The van der Waals surface area contributed by atoms with Crippen LogP contribution in [0.2, 0.25) is 0 Å². The summed E-state index contributed by atoms with van der Waals surface area (Å²) in [7, 11) is 0. The summed E-state index contributed by atoms with van der Waals surface area (Å²) in [5, 5.41) is 12.1. The van der Waals surface area contributed by atoms with Gasteiger partial charge >= 0.3 is 0 Å². The molecule has 0 bridgehead atoms. The molecule has 172 valence electrons. The third-order valence-electron chi connectivity index (χ3n) is 5.11. The molecule has 2 heterocycles. The zero-order valence-corrected chi connectivity index (χ0v) is 18.9. The summed E-state index contributed by atoms with van der Waals surface area (Å²) >= 11 is 1.25. The van der Waals surface area contributed by atoms with Crippen LogP contribution in [0.1, 0.15) is 6.42 Å². The van der Waals surface area contributed by atoms with E-state index in [0.29, 0.717) is 47.1 Å². The van der Waals surface area contributed by atoms with Gasteiger partial charge in [-0.1, -0.05) is 42.1 Å². The van der Waals surface area contributed by atoms with Gasteiger partial charge in [-0.15, -0.1) is 10.2 Å². The van der Waals surface area contributed by atoms with Crippen molar-refractivity contribution in [2.45, 2.75) is 11.6 Å². The van der Waals surface area contributed by atoms with Gasteiger partial charge in [-0.3, -0.25) is 9.36 Å². The maximum atomic E-state index is 13.5. The molecule has 34 heavy (non-hydrogen) atoms. The smallest absolute Gasteiger partial charge is 0.234 e. The number of aromatic nitrogens is 3. The molecule has 4 aromatic rings. The fourth-order valence-corrected chi connectivity index (χ4v) is 4.28. The molecule has 1 N–H and O–H groups in total. The van der Waals surface area contributed by atoms with Gasteiger partial charge < -0.3 is 14.8 Å². The Labute approximate surface area is 199 Å². The van der Waals surface area contributed by atoms with E-state index in [-0.39, 0.29) is 17.5 Å². The van der Waals surface area contributed by atoms with E-state index in [1.165, 1.54) is 23.9 Å². The molecule has 9 heteroatoms. The van der Waals surface area contributed by atoms with Crippen molar-refractivity contribution in [3.63, 3.8) is 0 Å². The van der Waals surface area contributed by atoms with Crippen LogP contribution in [0.5, 0.6) is 11.5 Å². The maximum Gasteiger partial charge on any atom is 0.234 e. The Hall–Kier alpha value is -3.85. The molecule has 5 rings (SSSR count). The van der Waals surface area contributed by atoms with Crippen LogP contribution in [0.25, 0.3) is 17.1 Å². The highest BCUT2D eigenvalue weighted by Crippen LogP contribution is 2.33. The number of carbonyl (C=O) groups is 1. The molecular weight excluding hydrogens is 455 g/mol. The van der Waals surface area contributed by atoms with Gasteiger partial charge in [0.2, 0.25) is 5.91 Å². The molecule has 0 saturated heterocycles. The summed E-state index contributed by atoms with van der Waals surface area (Å²) in [6.45, 7) is 1.18. The van der Waals surface area contributed by atoms with Crippen molar-refractivity contribution in [3.8, 4) is 28.6 Å². The first kappa shape index (κ1) is 22.0. The van der Waals surface area contributed by atoms with Gasteiger partial charge in [0.25, 0.3) is 0 Å². The van der Waals surface area contributed by atoms with Crippen molar-refractivity contribution in [1.29, 1.82) is 0 Å². The molecule has 0 atom stereocenters. The zero-order chi connectivity index (χ0) is 23.3. The predicted octanol–water partition coefficient (Wildman–Crippen LogP) is 4.97. The Morgan fingerprint density at radius 1 is 0.971 bits per heavy atom. The van der Waals surface area contributed by atoms with Gasteiger partial charge in [0.1, 0.15) is 5.82 Å². The maximum absolute atomic E-state index is 13.5. The fourth-order valence-electron chi connectivity index (χ4n) is 3.53. The number of hydrogen-bond donors (Lipinski definition) is 1. The number of nitrogens with one attached hydrogen (secondary N) is 1. The van der Waals surface area contributed by atoms with Gasteiger partial charge in [0.05, 0.1) is 19.0 Å². The second-order valence-electron chi connectivity index (χ2n) is 7.53. The average molecular weight is 477 g/mol. The number of benzene rings is 3. The lowest BCUT2D eigenvalue weighted by molar-refractivity contribution is -0.113. The third kappa shape index (κ3) is 4.89. The van der Waals surface area contributed by atoms with Crippen molar-refractivity contribution in [2.24, 2.45) is 0 Å². The normalized spacial score (nSPS) is 12.7. The fraction of sp³-hybridized carbons (Fsp3) is 0.160. The van der Waals surface area contributed by atoms with Crippen molar-refractivity contribution >= 4 is 23.4 Å². The topological polar surface area (TPSA) is 78.3 Å². The van der Waals surface area contributed by atoms with Crippen LogP contribution < -0.4 is 14.8 Å². The Kier molecular flexibility index (Phi) is 6.44. The molecule has 3 aromatic carbocycles. The van der Waals surface area contributed by atoms with Crippen molar-refractivity contribution < 1.29 is 18.7 Å². The van der Waals surface area contributed by atoms with E-state index in [1.807, 2.05) is 34.9 Å². The van der Waals surface area contributed by atoms with E-state index < -0.39 is 0 Å². The largest absolute Gasteiger partial charge is 0.490 e. The first-order valence-corrected chi connectivity index (χ1v) is 11.7. The average Bonchev–Trinajstić information content (AvgIpc) is 3.14. The minimum absolute atomic E-state index is 0.114. The van der Waals surface area contributed by atoms with Crippen LogP contribution in [-0.4, -0.2) is 39.6 Å². The molecule has 0 saturated carbocycles. The SMILES string of the molecule is O=C(CSc1nnc(-c2ccccc2)n1-c1ccc(F)cc1)Nc1ccc2c(c1)OCCCO2. The number of ether oxygens (including phenoxy) is 2. The van der Waals surface area contributed by atoms with E-state index in [1.54, 1.807) is 30.3 Å². The number of thioether (sulfide) groups is 1. The van der Waals surface area contributed by atoms with Gasteiger partial charge in [-0.2, -0.15) is 0 Å². The highest BCUT2D eigenvalue weighted by molar-refractivity contribution is 7.99. The summed E-state index contributed by atoms with van der Waals surface area (Å²) < 4.78 is 26.7. The second kappa shape index (κ2) is 9.96. The Bertz CT molecular complexity index is 1300. The molecule has 1 aromatic heterocycles. The Balaban J connectivity index is 1.34. The summed E-state index contributed by atoms with van der Waals surface area (Å²) in [5.74, 6) is 1.48. The van der Waals surface area contributed by atoms with Crippen LogP contribution in [-0.2, 0) is 4.79 Å². The van der Waals surface area contributed by atoms with Crippen LogP contribution in [0.15, 0.2) is 78.0 Å². The standard InChI is InChI=1S/C25H21FN4O3S/c26-18-7-10-20(11-8-18)30-24(17-5-2-1-3-6-17)28-29-25(30)34-16-23(31)27-19-9-12-21-22(15-19)33-14-4-13-32-21/h1-3,5-12,15H,4,13-14,16H2,(H,27,31). The second-order valence-corrected chi connectivity index (χ2v) is 8.48. The summed E-state index contributed by atoms with van der Waals surface area (Å²) in [6.07, 6.45) is 0.812. The first-order chi connectivity index (χ1) is 16.7. The Morgan fingerprint density at radius 3 is 2.53 bits per heavy atom. The lowest BCUT2D eigenvalue weighted by atomic mass is 10.2. The summed E-state index contributed by atoms with van der Waals surface area (Å²) in [4.78, 5) is 12.7. The molecule has 1 aliphatic rings. The first-order valence-electron chi connectivity index (χ1n) is 10.8. The van der Waals surface area contributed by atoms with Crippen LogP contribution in [0.4, 0.5) is 10.1 Å². The van der Waals surface area contributed by atoms with Crippen LogP contribution >= 0.6 is 11.8 Å². The Morgan fingerprint density at radius 2 is 1.74 bits per heavy atom. The molecule has 1 amide bonds. The summed E-state index contributed by atoms with van der Waals surface area (Å²) in [6, 6.07) is 21.0.